The summed E-state index contributed by atoms with van der Waals surface area (Å²) in [6, 6.07) is 10.8. The van der Waals surface area contributed by atoms with Gasteiger partial charge >= 0.3 is 0 Å². The Hall–Kier alpha value is -1.67. The Morgan fingerprint density at radius 3 is 2.95 bits per heavy atom. The van der Waals surface area contributed by atoms with Crippen LogP contribution >= 0.6 is 0 Å². The van der Waals surface area contributed by atoms with Crippen LogP contribution in [-0.4, -0.2) is 4.98 Å². The number of hydrogen-bond acceptors (Lipinski definition) is 2. The van der Waals surface area contributed by atoms with Crippen molar-refractivity contribution >= 4 is 0 Å². The van der Waals surface area contributed by atoms with E-state index < -0.39 is 0 Å². The molecule has 20 heavy (non-hydrogen) atoms. The van der Waals surface area contributed by atoms with Gasteiger partial charge in [-0.05, 0) is 55.9 Å². The van der Waals surface area contributed by atoms with Crippen molar-refractivity contribution in [2.75, 3.05) is 0 Å². The largest absolute Gasteiger partial charge is 0.323 e. The molecule has 1 aliphatic rings. The van der Waals surface area contributed by atoms with Crippen LogP contribution in [0.2, 0.25) is 0 Å². The van der Waals surface area contributed by atoms with Crippen molar-refractivity contribution in [2.24, 2.45) is 5.73 Å². The van der Waals surface area contributed by atoms with Crippen LogP contribution in [0.3, 0.4) is 0 Å². The third kappa shape index (κ3) is 2.36. The van der Waals surface area contributed by atoms with Crippen LogP contribution in [-0.2, 0) is 6.42 Å². The van der Waals surface area contributed by atoms with Crippen molar-refractivity contribution in [3.05, 3.63) is 64.5 Å². The molecular weight excluding hydrogens is 244 g/mol. The Balaban J connectivity index is 1.99. The molecule has 1 heterocycles. The van der Waals surface area contributed by atoms with Gasteiger partial charge in [0.25, 0.3) is 0 Å². The molecule has 0 fully saturated rings. The van der Waals surface area contributed by atoms with E-state index in [1.54, 1.807) is 0 Å². The highest BCUT2D eigenvalue weighted by atomic mass is 14.7. The molecule has 2 N–H and O–H groups in total. The normalized spacial score (nSPS) is 19.4. The van der Waals surface area contributed by atoms with Gasteiger partial charge in [0.15, 0.2) is 0 Å². The lowest BCUT2D eigenvalue weighted by atomic mass is 9.79. The summed E-state index contributed by atoms with van der Waals surface area (Å²) in [7, 11) is 0. The molecule has 0 amide bonds. The molecule has 2 unspecified atom stereocenters. The van der Waals surface area contributed by atoms with Crippen LogP contribution in [0.5, 0.6) is 0 Å². The van der Waals surface area contributed by atoms with Gasteiger partial charge in [0.1, 0.15) is 0 Å². The number of hydrogen-bond donors (Lipinski definition) is 1. The highest BCUT2D eigenvalue weighted by molar-refractivity contribution is 5.37. The smallest absolute Gasteiger partial charge is 0.0485 e. The van der Waals surface area contributed by atoms with Gasteiger partial charge in [-0.3, -0.25) is 4.98 Å². The second-order valence-electron chi connectivity index (χ2n) is 5.93. The Morgan fingerprint density at radius 1 is 1.25 bits per heavy atom. The number of nitrogens with two attached hydrogens (primary N) is 1. The zero-order chi connectivity index (χ0) is 14.1. The number of rotatable bonds is 2. The molecule has 3 rings (SSSR count). The SMILES string of the molecule is Cc1ccc(C)c(C(N)C2CCCc3cccnc32)c1. The van der Waals surface area contributed by atoms with Gasteiger partial charge < -0.3 is 5.73 Å². The van der Waals surface area contributed by atoms with E-state index in [4.69, 9.17) is 5.73 Å². The van der Waals surface area contributed by atoms with Gasteiger partial charge in [-0.1, -0.05) is 29.8 Å². The molecular formula is C18H22N2. The second-order valence-corrected chi connectivity index (χ2v) is 5.93. The van der Waals surface area contributed by atoms with Crippen molar-refractivity contribution in [1.29, 1.82) is 0 Å². The van der Waals surface area contributed by atoms with E-state index in [-0.39, 0.29) is 6.04 Å². The molecule has 0 saturated heterocycles. The van der Waals surface area contributed by atoms with Gasteiger partial charge in [-0.2, -0.15) is 0 Å². The summed E-state index contributed by atoms with van der Waals surface area (Å²) in [4.78, 5) is 4.62. The number of aromatic nitrogens is 1. The van der Waals surface area contributed by atoms with Gasteiger partial charge in [0.2, 0.25) is 0 Å². The maximum absolute atomic E-state index is 6.61. The number of nitrogens with zero attached hydrogens (tertiary/aromatic N) is 1. The van der Waals surface area contributed by atoms with E-state index in [1.807, 2.05) is 12.3 Å². The van der Waals surface area contributed by atoms with Gasteiger partial charge in [-0.15, -0.1) is 0 Å². The Kier molecular flexibility index (Phi) is 3.58. The van der Waals surface area contributed by atoms with E-state index >= 15 is 0 Å². The summed E-state index contributed by atoms with van der Waals surface area (Å²) in [5.74, 6) is 0.348. The predicted molar refractivity (Wildman–Crippen MR) is 82.8 cm³/mol. The van der Waals surface area contributed by atoms with Crippen LogP contribution in [0.25, 0.3) is 0 Å². The lowest BCUT2D eigenvalue weighted by Crippen LogP contribution is -2.25. The van der Waals surface area contributed by atoms with E-state index in [0.717, 1.165) is 12.8 Å². The number of fused-ring (bicyclic) bond motifs is 1. The first-order valence-corrected chi connectivity index (χ1v) is 7.43. The molecule has 104 valence electrons. The molecule has 2 nitrogen and oxygen atoms in total. The quantitative estimate of drug-likeness (QED) is 0.897. The standard InChI is InChI=1S/C18H22N2/c1-12-8-9-13(2)16(11-12)17(19)15-7-3-5-14-6-4-10-20-18(14)15/h4,6,8-11,15,17H,3,5,7,19H2,1-2H3. The van der Waals surface area contributed by atoms with Crippen molar-refractivity contribution in [3.63, 3.8) is 0 Å². The third-order valence-corrected chi connectivity index (χ3v) is 4.47. The van der Waals surface area contributed by atoms with Crippen LogP contribution in [0, 0.1) is 13.8 Å². The van der Waals surface area contributed by atoms with Crippen molar-refractivity contribution in [2.45, 2.75) is 45.1 Å². The second kappa shape index (κ2) is 5.37. The Labute approximate surface area is 121 Å². The molecule has 0 saturated carbocycles. The van der Waals surface area contributed by atoms with E-state index in [2.05, 4.69) is 43.1 Å². The van der Waals surface area contributed by atoms with E-state index in [1.165, 1.54) is 34.4 Å². The third-order valence-electron chi connectivity index (χ3n) is 4.47. The molecule has 0 aliphatic heterocycles. The van der Waals surface area contributed by atoms with Gasteiger partial charge in [0, 0.05) is 23.9 Å². The fraction of sp³-hybridized carbons (Fsp3) is 0.389. The van der Waals surface area contributed by atoms with Gasteiger partial charge in [-0.25, -0.2) is 0 Å². The lowest BCUT2D eigenvalue weighted by Gasteiger charge is -2.30. The van der Waals surface area contributed by atoms with Crippen LogP contribution in [0.4, 0.5) is 0 Å². The topological polar surface area (TPSA) is 38.9 Å². The maximum atomic E-state index is 6.61. The van der Waals surface area contributed by atoms with Crippen LogP contribution < -0.4 is 5.73 Å². The summed E-state index contributed by atoms with van der Waals surface area (Å²) < 4.78 is 0. The van der Waals surface area contributed by atoms with Crippen molar-refractivity contribution in [1.82, 2.24) is 4.98 Å². The Morgan fingerprint density at radius 2 is 2.10 bits per heavy atom. The molecule has 0 radical (unpaired) electrons. The minimum atomic E-state index is 0.0452. The van der Waals surface area contributed by atoms with E-state index in [0.29, 0.717) is 5.92 Å². The van der Waals surface area contributed by atoms with Crippen LogP contribution in [0.1, 0.15) is 52.7 Å². The fourth-order valence-corrected chi connectivity index (χ4v) is 3.33. The van der Waals surface area contributed by atoms with Crippen molar-refractivity contribution in [3.8, 4) is 0 Å². The minimum absolute atomic E-state index is 0.0452. The highest BCUT2D eigenvalue weighted by Gasteiger charge is 2.28. The zero-order valence-corrected chi connectivity index (χ0v) is 12.3. The molecule has 2 heteroatoms. The van der Waals surface area contributed by atoms with Gasteiger partial charge in [0.05, 0.1) is 0 Å². The highest BCUT2D eigenvalue weighted by Crippen LogP contribution is 2.38. The Bertz CT molecular complexity index is 619. The van der Waals surface area contributed by atoms with E-state index in [9.17, 15) is 0 Å². The molecule has 2 aromatic rings. The molecule has 0 spiro atoms. The molecule has 1 aliphatic carbocycles. The summed E-state index contributed by atoms with van der Waals surface area (Å²) >= 11 is 0. The maximum Gasteiger partial charge on any atom is 0.0485 e. The van der Waals surface area contributed by atoms with Crippen molar-refractivity contribution < 1.29 is 0 Å². The van der Waals surface area contributed by atoms with Crippen LogP contribution in [0.15, 0.2) is 36.5 Å². The molecule has 1 aromatic heterocycles. The number of pyridine rings is 1. The summed E-state index contributed by atoms with van der Waals surface area (Å²) in [6.45, 7) is 4.28. The fourth-order valence-electron chi connectivity index (χ4n) is 3.33. The lowest BCUT2D eigenvalue weighted by molar-refractivity contribution is 0.461. The monoisotopic (exact) mass is 266 g/mol. The minimum Gasteiger partial charge on any atom is -0.323 e. The predicted octanol–water partition coefficient (Wildman–Crippen LogP) is 3.82. The zero-order valence-electron chi connectivity index (χ0n) is 12.3. The number of aryl methyl sites for hydroxylation is 3. The summed E-state index contributed by atoms with van der Waals surface area (Å²) in [5.41, 5.74) is 13.0. The molecule has 1 aromatic carbocycles. The average molecular weight is 266 g/mol. The first kappa shape index (κ1) is 13.3. The summed E-state index contributed by atoms with van der Waals surface area (Å²) in [6.07, 6.45) is 5.38. The molecule has 2 atom stereocenters. The average Bonchev–Trinajstić information content (AvgIpc) is 2.48. The number of benzene rings is 1. The first-order chi connectivity index (χ1) is 9.66. The molecule has 0 bridgehead atoms. The first-order valence-electron chi connectivity index (χ1n) is 7.43. The summed E-state index contributed by atoms with van der Waals surface area (Å²) in [5, 5.41) is 0.